The summed E-state index contributed by atoms with van der Waals surface area (Å²) in [6.45, 7) is 2.67. The van der Waals surface area contributed by atoms with Crippen molar-refractivity contribution in [1.29, 1.82) is 0 Å². The van der Waals surface area contributed by atoms with Crippen molar-refractivity contribution in [1.82, 2.24) is 9.62 Å². The van der Waals surface area contributed by atoms with Crippen molar-refractivity contribution in [2.24, 2.45) is 5.73 Å². The van der Waals surface area contributed by atoms with E-state index in [0.717, 1.165) is 18.4 Å². The highest BCUT2D eigenvalue weighted by atomic mass is 32.2. The standard InChI is InChI=1S/C17H25N3O4S/c18-7-1-11-24-14-5-9-20(10-6-14)25(22,23)15-3-2-13-4-8-19-17(21)16(13)12-15/h2-3,12,14H,1,4-11,18H2,(H,19,21). The van der Waals surface area contributed by atoms with Gasteiger partial charge in [0.1, 0.15) is 0 Å². The van der Waals surface area contributed by atoms with Crippen LogP contribution in [0.15, 0.2) is 23.1 Å². The van der Waals surface area contributed by atoms with Crippen LogP contribution in [0, 0.1) is 0 Å². The van der Waals surface area contributed by atoms with E-state index in [4.69, 9.17) is 10.5 Å². The van der Waals surface area contributed by atoms with Gasteiger partial charge in [-0.05, 0) is 49.9 Å². The summed E-state index contributed by atoms with van der Waals surface area (Å²) in [5.41, 5.74) is 6.81. The van der Waals surface area contributed by atoms with Gasteiger partial charge >= 0.3 is 0 Å². The van der Waals surface area contributed by atoms with Crippen molar-refractivity contribution in [3.63, 3.8) is 0 Å². The third-order valence-corrected chi connectivity index (χ3v) is 6.64. The molecule has 25 heavy (non-hydrogen) atoms. The number of piperidine rings is 1. The lowest BCUT2D eigenvalue weighted by Gasteiger charge is -2.31. The van der Waals surface area contributed by atoms with Crippen LogP contribution in [0.1, 0.15) is 35.2 Å². The number of nitrogens with one attached hydrogen (secondary N) is 1. The Morgan fingerprint density at radius 3 is 2.76 bits per heavy atom. The molecule has 7 nitrogen and oxygen atoms in total. The molecule has 3 N–H and O–H groups in total. The molecular weight excluding hydrogens is 342 g/mol. The number of sulfonamides is 1. The predicted molar refractivity (Wildman–Crippen MR) is 93.9 cm³/mol. The van der Waals surface area contributed by atoms with Gasteiger partial charge in [0.05, 0.1) is 11.0 Å². The number of carbonyl (C=O) groups excluding carboxylic acids is 1. The zero-order valence-electron chi connectivity index (χ0n) is 14.2. The quantitative estimate of drug-likeness (QED) is 0.713. The maximum absolute atomic E-state index is 12.9. The maximum Gasteiger partial charge on any atom is 0.251 e. The number of hydrogen-bond acceptors (Lipinski definition) is 5. The minimum Gasteiger partial charge on any atom is -0.378 e. The summed E-state index contributed by atoms with van der Waals surface area (Å²) in [4.78, 5) is 12.2. The van der Waals surface area contributed by atoms with Crippen molar-refractivity contribution < 1.29 is 17.9 Å². The number of rotatable bonds is 6. The molecule has 1 aromatic carbocycles. The molecule has 138 valence electrons. The lowest BCUT2D eigenvalue weighted by Crippen LogP contribution is -2.41. The summed E-state index contributed by atoms with van der Waals surface area (Å²) < 4.78 is 33.0. The van der Waals surface area contributed by atoms with Gasteiger partial charge in [-0.2, -0.15) is 4.31 Å². The van der Waals surface area contributed by atoms with E-state index in [1.54, 1.807) is 12.1 Å². The van der Waals surface area contributed by atoms with E-state index in [0.29, 0.717) is 51.2 Å². The van der Waals surface area contributed by atoms with Gasteiger partial charge in [-0.15, -0.1) is 0 Å². The van der Waals surface area contributed by atoms with Gasteiger partial charge in [0.2, 0.25) is 10.0 Å². The van der Waals surface area contributed by atoms with Crippen LogP contribution in [-0.4, -0.2) is 57.5 Å². The Hall–Kier alpha value is -1.48. The first kappa shape index (κ1) is 18.3. The second-order valence-corrected chi connectivity index (χ2v) is 8.38. The molecule has 8 heteroatoms. The van der Waals surface area contributed by atoms with Crippen LogP contribution in [0.5, 0.6) is 0 Å². The Morgan fingerprint density at radius 1 is 1.28 bits per heavy atom. The fourth-order valence-corrected chi connectivity index (χ4v) is 4.77. The summed E-state index contributed by atoms with van der Waals surface area (Å²) in [5, 5.41) is 2.75. The van der Waals surface area contributed by atoms with E-state index < -0.39 is 10.0 Å². The molecule has 1 aromatic rings. The molecule has 0 bridgehead atoms. The molecule has 1 amide bonds. The average molecular weight is 367 g/mol. The predicted octanol–water partition coefficient (Wildman–Crippen LogP) is 0.491. The van der Waals surface area contributed by atoms with Crippen LogP contribution in [-0.2, 0) is 21.2 Å². The van der Waals surface area contributed by atoms with E-state index >= 15 is 0 Å². The van der Waals surface area contributed by atoms with Crippen molar-refractivity contribution in [3.05, 3.63) is 29.3 Å². The van der Waals surface area contributed by atoms with Crippen LogP contribution in [0.2, 0.25) is 0 Å². The SMILES string of the molecule is NCCCOC1CCN(S(=O)(=O)c2ccc3c(c2)C(=O)NCC3)CC1. The first-order valence-electron chi connectivity index (χ1n) is 8.75. The molecule has 2 aliphatic rings. The number of carbonyl (C=O) groups is 1. The first-order chi connectivity index (χ1) is 12.0. The second-order valence-electron chi connectivity index (χ2n) is 6.44. The van der Waals surface area contributed by atoms with Crippen LogP contribution in [0.4, 0.5) is 0 Å². The molecule has 0 spiro atoms. The van der Waals surface area contributed by atoms with E-state index in [2.05, 4.69) is 5.32 Å². The summed E-state index contributed by atoms with van der Waals surface area (Å²) in [6.07, 6.45) is 2.99. The smallest absolute Gasteiger partial charge is 0.251 e. The number of nitrogens with zero attached hydrogens (tertiary/aromatic N) is 1. The molecule has 0 atom stereocenters. The van der Waals surface area contributed by atoms with E-state index in [1.165, 1.54) is 10.4 Å². The summed E-state index contributed by atoms with van der Waals surface area (Å²) in [5.74, 6) is -0.203. The number of fused-ring (bicyclic) bond motifs is 1. The third kappa shape index (κ3) is 4.03. The molecule has 0 aromatic heterocycles. The van der Waals surface area contributed by atoms with Crippen molar-refractivity contribution >= 4 is 15.9 Å². The Bertz CT molecular complexity index is 727. The normalized spacial score (nSPS) is 19.5. The van der Waals surface area contributed by atoms with E-state index in [-0.39, 0.29) is 16.9 Å². The summed E-state index contributed by atoms with van der Waals surface area (Å²) in [7, 11) is -3.59. The number of amides is 1. The van der Waals surface area contributed by atoms with Crippen molar-refractivity contribution in [3.8, 4) is 0 Å². The van der Waals surface area contributed by atoms with Gasteiger partial charge in [0, 0.05) is 31.8 Å². The Kier molecular flexibility index (Phi) is 5.73. The Morgan fingerprint density at radius 2 is 2.04 bits per heavy atom. The van der Waals surface area contributed by atoms with Crippen LogP contribution in [0.3, 0.4) is 0 Å². The van der Waals surface area contributed by atoms with Crippen LogP contribution >= 0.6 is 0 Å². The lowest BCUT2D eigenvalue weighted by atomic mass is 10.0. The molecule has 3 rings (SSSR count). The Balaban J connectivity index is 1.68. The average Bonchev–Trinajstić information content (AvgIpc) is 2.62. The molecular formula is C17H25N3O4S. The van der Waals surface area contributed by atoms with Crippen LogP contribution in [0.25, 0.3) is 0 Å². The monoisotopic (exact) mass is 367 g/mol. The molecule has 2 heterocycles. The number of nitrogens with two attached hydrogens (primary N) is 1. The molecule has 0 radical (unpaired) electrons. The highest BCUT2D eigenvalue weighted by Crippen LogP contribution is 2.25. The van der Waals surface area contributed by atoms with Crippen LogP contribution < -0.4 is 11.1 Å². The zero-order chi connectivity index (χ0) is 17.9. The second kappa shape index (κ2) is 7.82. The summed E-state index contributed by atoms with van der Waals surface area (Å²) in [6, 6.07) is 4.86. The summed E-state index contributed by atoms with van der Waals surface area (Å²) >= 11 is 0. The molecule has 1 fully saturated rings. The number of hydrogen-bond donors (Lipinski definition) is 2. The first-order valence-corrected chi connectivity index (χ1v) is 10.2. The van der Waals surface area contributed by atoms with Gasteiger partial charge in [0.15, 0.2) is 0 Å². The third-order valence-electron chi connectivity index (χ3n) is 4.75. The topological polar surface area (TPSA) is 102 Å². The van der Waals surface area contributed by atoms with E-state index in [9.17, 15) is 13.2 Å². The molecule has 0 aliphatic carbocycles. The minimum atomic E-state index is -3.59. The molecule has 1 saturated heterocycles. The molecule has 0 unspecified atom stereocenters. The van der Waals surface area contributed by atoms with Crippen molar-refractivity contribution in [2.45, 2.75) is 36.7 Å². The molecule has 0 saturated carbocycles. The highest BCUT2D eigenvalue weighted by molar-refractivity contribution is 7.89. The van der Waals surface area contributed by atoms with Crippen molar-refractivity contribution in [2.75, 3.05) is 32.8 Å². The van der Waals surface area contributed by atoms with Gasteiger partial charge in [-0.1, -0.05) is 6.07 Å². The fraction of sp³-hybridized carbons (Fsp3) is 0.588. The number of ether oxygens (including phenoxy) is 1. The fourth-order valence-electron chi connectivity index (χ4n) is 3.27. The maximum atomic E-state index is 12.9. The Labute approximate surface area is 148 Å². The van der Waals surface area contributed by atoms with Gasteiger partial charge in [0.25, 0.3) is 5.91 Å². The zero-order valence-corrected chi connectivity index (χ0v) is 15.1. The van der Waals surface area contributed by atoms with Gasteiger partial charge in [-0.3, -0.25) is 4.79 Å². The molecule has 2 aliphatic heterocycles. The van der Waals surface area contributed by atoms with E-state index in [1.807, 2.05) is 0 Å². The number of benzene rings is 1. The lowest BCUT2D eigenvalue weighted by molar-refractivity contribution is 0.0209. The van der Waals surface area contributed by atoms with Gasteiger partial charge in [-0.25, -0.2) is 8.42 Å². The van der Waals surface area contributed by atoms with Gasteiger partial charge < -0.3 is 15.8 Å². The minimum absolute atomic E-state index is 0.0901. The largest absolute Gasteiger partial charge is 0.378 e. The highest BCUT2D eigenvalue weighted by Gasteiger charge is 2.31.